The molecular weight excluding hydrogens is 735 g/mol. The van der Waals surface area contributed by atoms with Crippen molar-refractivity contribution in [3.05, 3.63) is 216 Å². The van der Waals surface area contributed by atoms with Crippen LogP contribution in [0.1, 0.15) is 74.4 Å². The molecule has 0 fully saturated rings. The molecule has 12 rings (SSSR count). The van der Waals surface area contributed by atoms with E-state index in [1.165, 1.54) is 105 Å². The molecule has 1 heteroatoms. The van der Waals surface area contributed by atoms with E-state index in [1.54, 1.807) is 0 Å². The Kier molecular flexibility index (Phi) is 7.95. The molecule has 8 aromatic rings. The summed E-state index contributed by atoms with van der Waals surface area (Å²) in [4.78, 5) is 0. The first-order valence-corrected chi connectivity index (χ1v) is 22.2. The molecule has 2 unspecified atom stereocenters. The number of aromatic nitrogens is 1. The minimum absolute atomic E-state index is 0.0489. The van der Waals surface area contributed by atoms with Crippen molar-refractivity contribution in [1.82, 2.24) is 4.57 Å². The summed E-state index contributed by atoms with van der Waals surface area (Å²) in [7, 11) is 0. The second kappa shape index (κ2) is 13.4. The first-order chi connectivity index (χ1) is 29.8. The molecule has 61 heavy (non-hydrogen) atoms. The average Bonchev–Trinajstić information content (AvgIpc) is 3.91. The van der Waals surface area contributed by atoms with Crippen LogP contribution in [0.3, 0.4) is 0 Å². The van der Waals surface area contributed by atoms with Crippen molar-refractivity contribution < 1.29 is 0 Å². The Morgan fingerprint density at radius 1 is 0.508 bits per heavy atom. The third-order valence-corrected chi connectivity index (χ3v) is 14.7. The van der Waals surface area contributed by atoms with Crippen LogP contribution in [0.2, 0.25) is 0 Å². The molecule has 0 amide bonds. The Morgan fingerprint density at radius 2 is 1.15 bits per heavy atom. The van der Waals surface area contributed by atoms with Gasteiger partial charge in [0.05, 0.1) is 17.1 Å². The van der Waals surface area contributed by atoms with E-state index in [0.29, 0.717) is 11.8 Å². The van der Waals surface area contributed by atoms with E-state index in [2.05, 4.69) is 220 Å². The molecule has 4 aliphatic carbocycles. The van der Waals surface area contributed by atoms with Crippen LogP contribution in [-0.4, -0.2) is 4.57 Å². The van der Waals surface area contributed by atoms with E-state index in [0.717, 1.165) is 12.8 Å². The molecule has 1 nitrogen and oxygen atoms in total. The fourth-order valence-electron chi connectivity index (χ4n) is 11.5. The molecule has 0 aliphatic heterocycles. The molecule has 0 N–H and O–H groups in total. The summed E-state index contributed by atoms with van der Waals surface area (Å²) in [5.74, 6) is 0.914. The second-order valence-electron chi connectivity index (χ2n) is 18.8. The molecule has 7 aromatic carbocycles. The molecule has 1 aromatic heterocycles. The standard InChI is InChI=1S/C60H49N/c1-59(2)52-21-13-11-19-46(52)48-29-27-42(36-54(48)59)40-23-25-44-33-45-26-24-41(43-28-30-49-47-20-12-14-22-53(47)60(3,4)55(49)37-43)35-51(45)58(50(44)34-40)61-56(38-15-7-5-8-16-38)31-32-57(61)39-17-9-6-10-18-39/h5,7-9,11-37,46,52H,6,10H2,1-4H3. The van der Waals surface area contributed by atoms with Crippen molar-refractivity contribution in [2.75, 3.05) is 0 Å². The van der Waals surface area contributed by atoms with Gasteiger partial charge in [-0.15, -0.1) is 0 Å². The van der Waals surface area contributed by atoms with Crippen molar-refractivity contribution in [3.63, 3.8) is 0 Å². The number of hydrogen-bond acceptors (Lipinski definition) is 0. The molecule has 0 saturated heterocycles. The third kappa shape index (κ3) is 5.46. The zero-order valence-corrected chi connectivity index (χ0v) is 35.4. The lowest BCUT2D eigenvalue weighted by Gasteiger charge is -2.29. The summed E-state index contributed by atoms with van der Waals surface area (Å²) in [5, 5.41) is 4.98. The van der Waals surface area contributed by atoms with Gasteiger partial charge >= 0.3 is 0 Å². The van der Waals surface area contributed by atoms with Gasteiger partial charge in [-0.25, -0.2) is 0 Å². The van der Waals surface area contributed by atoms with Gasteiger partial charge in [0.25, 0.3) is 0 Å². The summed E-state index contributed by atoms with van der Waals surface area (Å²) in [5.41, 5.74) is 19.6. The summed E-state index contributed by atoms with van der Waals surface area (Å²) >= 11 is 0. The van der Waals surface area contributed by atoms with E-state index >= 15 is 0 Å². The lowest BCUT2D eigenvalue weighted by molar-refractivity contribution is 0.394. The second-order valence-corrected chi connectivity index (χ2v) is 18.8. The molecule has 0 radical (unpaired) electrons. The highest BCUT2D eigenvalue weighted by Gasteiger charge is 2.44. The Morgan fingerprint density at radius 3 is 1.90 bits per heavy atom. The van der Waals surface area contributed by atoms with Gasteiger partial charge in [0.2, 0.25) is 0 Å². The van der Waals surface area contributed by atoms with E-state index < -0.39 is 0 Å². The maximum absolute atomic E-state index is 2.58. The van der Waals surface area contributed by atoms with Crippen LogP contribution in [0.25, 0.3) is 77.4 Å². The smallest absolute Gasteiger partial charge is 0.0619 e. The van der Waals surface area contributed by atoms with Crippen LogP contribution >= 0.6 is 0 Å². The number of benzene rings is 7. The largest absolute Gasteiger partial charge is 0.308 e. The van der Waals surface area contributed by atoms with Crippen molar-refractivity contribution in [2.45, 2.75) is 57.3 Å². The molecule has 2 atom stereocenters. The van der Waals surface area contributed by atoms with Gasteiger partial charge in [0.15, 0.2) is 0 Å². The lowest BCUT2D eigenvalue weighted by atomic mass is 9.74. The van der Waals surface area contributed by atoms with Crippen LogP contribution in [0.5, 0.6) is 0 Å². The number of fused-ring (bicyclic) bond motifs is 8. The minimum atomic E-state index is -0.0689. The molecule has 4 aliphatic rings. The first-order valence-electron chi connectivity index (χ1n) is 22.2. The molecule has 294 valence electrons. The summed E-state index contributed by atoms with van der Waals surface area (Å²) in [6.45, 7) is 9.61. The Labute approximate surface area is 359 Å². The fraction of sp³-hybridized carbons (Fsp3) is 0.167. The lowest BCUT2D eigenvalue weighted by Crippen LogP contribution is -2.24. The Hall–Kier alpha value is -6.70. The average molecular weight is 784 g/mol. The van der Waals surface area contributed by atoms with E-state index in [9.17, 15) is 0 Å². The normalized spacial score (nSPS) is 18.9. The van der Waals surface area contributed by atoms with Crippen LogP contribution in [0.4, 0.5) is 0 Å². The summed E-state index contributed by atoms with van der Waals surface area (Å²) in [6, 6.07) is 55.7. The number of nitrogens with zero attached hydrogens (tertiary/aromatic N) is 1. The number of hydrogen-bond donors (Lipinski definition) is 0. The van der Waals surface area contributed by atoms with Crippen molar-refractivity contribution >= 4 is 27.1 Å². The van der Waals surface area contributed by atoms with Gasteiger partial charge in [-0.05, 0) is 138 Å². The fourth-order valence-corrected chi connectivity index (χ4v) is 11.5. The molecule has 0 bridgehead atoms. The highest BCUT2D eigenvalue weighted by atomic mass is 15.0. The Balaban J connectivity index is 1.11. The van der Waals surface area contributed by atoms with E-state index in [4.69, 9.17) is 0 Å². The molecule has 0 spiro atoms. The van der Waals surface area contributed by atoms with E-state index in [1.807, 2.05) is 0 Å². The van der Waals surface area contributed by atoms with Crippen molar-refractivity contribution in [2.24, 2.45) is 5.92 Å². The molecule has 0 saturated carbocycles. The number of rotatable bonds is 5. The quantitative estimate of drug-likeness (QED) is 0.153. The maximum Gasteiger partial charge on any atom is 0.0619 e. The van der Waals surface area contributed by atoms with Crippen molar-refractivity contribution in [1.29, 1.82) is 0 Å². The van der Waals surface area contributed by atoms with E-state index in [-0.39, 0.29) is 10.8 Å². The number of allylic oxidation sites excluding steroid dienone is 8. The zero-order valence-electron chi connectivity index (χ0n) is 35.4. The third-order valence-electron chi connectivity index (χ3n) is 14.7. The Bertz CT molecular complexity index is 3250. The van der Waals surface area contributed by atoms with Crippen LogP contribution in [0.15, 0.2) is 188 Å². The van der Waals surface area contributed by atoms with Gasteiger partial charge in [-0.2, -0.15) is 0 Å². The van der Waals surface area contributed by atoms with Gasteiger partial charge in [0, 0.05) is 22.1 Å². The highest BCUT2D eigenvalue weighted by Crippen LogP contribution is 2.54. The van der Waals surface area contributed by atoms with Crippen LogP contribution < -0.4 is 0 Å². The summed E-state index contributed by atoms with van der Waals surface area (Å²) < 4.78 is 2.58. The zero-order chi connectivity index (χ0) is 41.0. The molecule has 1 heterocycles. The van der Waals surface area contributed by atoms with Crippen molar-refractivity contribution in [3.8, 4) is 50.3 Å². The predicted molar refractivity (Wildman–Crippen MR) is 259 cm³/mol. The maximum atomic E-state index is 2.58. The van der Waals surface area contributed by atoms with Gasteiger partial charge < -0.3 is 4.57 Å². The van der Waals surface area contributed by atoms with Gasteiger partial charge in [0.1, 0.15) is 0 Å². The summed E-state index contributed by atoms with van der Waals surface area (Å²) in [6.07, 6.45) is 18.5. The van der Waals surface area contributed by atoms with Crippen LogP contribution in [0, 0.1) is 5.92 Å². The van der Waals surface area contributed by atoms with Gasteiger partial charge in [-0.3, -0.25) is 0 Å². The monoisotopic (exact) mass is 783 g/mol. The van der Waals surface area contributed by atoms with Crippen LogP contribution in [-0.2, 0) is 10.8 Å². The highest BCUT2D eigenvalue weighted by molar-refractivity contribution is 6.10. The predicted octanol–water partition coefficient (Wildman–Crippen LogP) is 15.9. The molecular formula is C60H49N. The topological polar surface area (TPSA) is 4.93 Å². The van der Waals surface area contributed by atoms with Gasteiger partial charge in [-0.1, -0.05) is 179 Å². The first kappa shape index (κ1) is 36.2. The minimum Gasteiger partial charge on any atom is -0.308 e. The SMILES string of the molecule is CC1(C)c2ccccc2-c2ccc(-c3ccc4cc5ccc(-c6ccc7c(c6)C(C)(C)C6C=CC=CC76)cc5c(-n5c(C6=CCCC=C6)ccc5-c5ccccc5)c4c3)cc21.